The normalized spacial score (nSPS) is 10.7. The van der Waals surface area contributed by atoms with Gasteiger partial charge in [-0.1, -0.05) is 6.92 Å². The first-order valence-electron chi connectivity index (χ1n) is 3.71. The fourth-order valence-corrected chi connectivity index (χ4v) is 0.729. The summed E-state index contributed by atoms with van der Waals surface area (Å²) in [6, 6.07) is 2.12. The molecule has 1 aromatic heterocycles. The molecule has 0 spiro atoms. The molecule has 0 amide bonds. The zero-order valence-electron chi connectivity index (χ0n) is 7.45. The van der Waals surface area contributed by atoms with Gasteiger partial charge in [-0.05, 0) is 6.42 Å². The Kier molecular flexibility index (Phi) is 6.41. The van der Waals surface area contributed by atoms with Gasteiger partial charge in [0.2, 0.25) is 0 Å². The molecule has 14 heavy (non-hydrogen) atoms. The van der Waals surface area contributed by atoms with E-state index in [-0.39, 0.29) is 5.92 Å². The number of hydrogen-bond donors (Lipinski definition) is 3. The van der Waals surface area contributed by atoms with E-state index in [4.69, 9.17) is 19.6 Å². The van der Waals surface area contributed by atoms with E-state index < -0.39 is 8.25 Å². The largest absolute Gasteiger partial charge is 0.692 e. The van der Waals surface area contributed by atoms with Crippen molar-refractivity contribution >= 4 is 8.25 Å². The molecule has 76 valence electrons. The Hall–Kier alpha value is -1.35. The van der Waals surface area contributed by atoms with Gasteiger partial charge >= 0.3 is 8.25 Å². The summed E-state index contributed by atoms with van der Waals surface area (Å²) in [6.45, 7) is 1.94. The van der Waals surface area contributed by atoms with Gasteiger partial charge in [-0.15, -0.1) is 9.79 Å². The number of nitrogens with one attached hydrogen (secondary N) is 1. The lowest BCUT2D eigenvalue weighted by Crippen LogP contribution is -1.95. The van der Waals surface area contributed by atoms with Crippen LogP contribution in [0.5, 0.6) is 0 Å². The smallest absolute Gasteiger partial charge is 0.262 e. The van der Waals surface area contributed by atoms with Crippen LogP contribution in [0.25, 0.3) is 0 Å². The van der Waals surface area contributed by atoms with Crippen LogP contribution in [0, 0.1) is 11.3 Å². The van der Waals surface area contributed by atoms with E-state index in [0.717, 1.165) is 6.42 Å². The van der Waals surface area contributed by atoms with Crippen molar-refractivity contribution in [1.82, 2.24) is 15.2 Å². The molecule has 0 saturated heterocycles. The maximum absolute atomic E-state index is 8.70. The second-order valence-electron chi connectivity index (χ2n) is 2.21. The zero-order chi connectivity index (χ0) is 11.0. The van der Waals surface area contributed by atoms with Crippen LogP contribution in [0.3, 0.4) is 0 Å². The SMILES string of the molecule is CCC(C#N)c1ncn[nH]1.O=[P+](O)O. The predicted molar refractivity (Wildman–Crippen MR) is 47.1 cm³/mol. The molecule has 1 atom stereocenters. The van der Waals surface area contributed by atoms with Crippen LogP contribution >= 0.6 is 8.25 Å². The van der Waals surface area contributed by atoms with Crippen LogP contribution in [-0.2, 0) is 4.57 Å². The van der Waals surface area contributed by atoms with Crippen molar-refractivity contribution in [2.45, 2.75) is 19.3 Å². The Morgan fingerprint density at radius 2 is 2.36 bits per heavy atom. The van der Waals surface area contributed by atoms with Crippen LogP contribution in [0.2, 0.25) is 0 Å². The summed E-state index contributed by atoms with van der Waals surface area (Å²) in [7, 11) is -2.87. The molecule has 1 unspecified atom stereocenters. The highest BCUT2D eigenvalue weighted by molar-refractivity contribution is 7.30. The molecule has 0 aliphatic heterocycles. The van der Waals surface area contributed by atoms with Gasteiger partial charge in [-0.2, -0.15) is 10.4 Å². The average molecular weight is 217 g/mol. The number of aromatic amines is 1. The van der Waals surface area contributed by atoms with E-state index in [1.54, 1.807) is 0 Å². The predicted octanol–water partition coefficient (Wildman–Crippen LogP) is 0.450. The third-order valence-electron chi connectivity index (χ3n) is 1.33. The topological polar surface area (TPSA) is 123 Å². The van der Waals surface area contributed by atoms with Crippen molar-refractivity contribution in [3.05, 3.63) is 12.2 Å². The minimum Gasteiger partial charge on any atom is -0.262 e. The summed E-state index contributed by atoms with van der Waals surface area (Å²) in [6.07, 6.45) is 2.18. The van der Waals surface area contributed by atoms with E-state index in [1.165, 1.54) is 6.33 Å². The molecule has 1 rings (SSSR count). The van der Waals surface area contributed by atoms with Crippen LogP contribution in [0.4, 0.5) is 0 Å². The first-order valence-corrected chi connectivity index (χ1v) is 4.88. The first kappa shape index (κ1) is 12.7. The lowest BCUT2D eigenvalue weighted by atomic mass is 10.1. The lowest BCUT2D eigenvalue weighted by Gasteiger charge is -1.97. The summed E-state index contributed by atoms with van der Waals surface area (Å²) in [5, 5.41) is 14.9. The van der Waals surface area contributed by atoms with Gasteiger partial charge in [0.25, 0.3) is 0 Å². The second-order valence-corrected chi connectivity index (χ2v) is 2.72. The maximum atomic E-state index is 8.70. The molecule has 0 aromatic carbocycles. The molecular weight excluding hydrogens is 207 g/mol. The van der Waals surface area contributed by atoms with Gasteiger partial charge in [-0.25, -0.2) is 4.98 Å². The Morgan fingerprint density at radius 1 is 1.79 bits per heavy atom. The average Bonchev–Trinajstić information content (AvgIpc) is 2.58. The molecular formula is C6H10N4O3P+. The number of nitrogens with zero attached hydrogens (tertiary/aromatic N) is 3. The first-order chi connectivity index (χ1) is 6.61. The van der Waals surface area contributed by atoms with Crippen molar-refractivity contribution < 1.29 is 14.4 Å². The summed E-state index contributed by atoms with van der Waals surface area (Å²) in [5.74, 6) is 0.521. The van der Waals surface area contributed by atoms with Crippen LogP contribution in [0.15, 0.2) is 6.33 Å². The van der Waals surface area contributed by atoms with Gasteiger partial charge in [0, 0.05) is 4.57 Å². The fraction of sp³-hybridized carbons (Fsp3) is 0.500. The molecule has 3 N–H and O–H groups in total. The van der Waals surface area contributed by atoms with Crippen molar-refractivity contribution in [3.63, 3.8) is 0 Å². The van der Waals surface area contributed by atoms with Crippen molar-refractivity contribution in [3.8, 4) is 6.07 Å². The molecule has 0 radical (unpaired) electrons. The number of rotatable bonds is 2. The monoisotopic (exact) mass is 217 g/mol. The van der Waals surface area contributed by atoms with Gasteiger partial charge in [-0.3, -0.25) is 5.10 Å². The molecule has 0 saturated carbocycles. The third-order valence-corrected chi connectivity index (χ3v) is 1.33. The van der Waals surface area contributed by atoms with E-state index >= 15 is 0 Å². The molecule has 7 nitrogen and oxygen atoms in total. The van der Waals surface area contributed by atoms with Crippen molar-refractivity contribution in [2.75, 3.05) is 0 Å². The number of aromatic nitrogens is 3. The van der Waals surface area contributed by atoms with Crippen LogP contribution < -0.4 is 0 Å². The Labute approximate surface area is 81.4 Å². The lowest BCUT2D eigenvalue weighted by molar-refractivity contribution is 0.405. The minimum atomic E-state index is -2.87. The van der Waals surface area contributed by atoms with Gasteiger partial charge in [0.1, 0.15) is 18.1 Å². The highest BCUT2D eigenvalue weighted by Crippen LogP contribution is 2.11. The Bertz CT molecular complexity index is 303. The van der Waals surface area contributed by atoms with Crippen molar-refractivity contribution in [1.29, 1.82) is 5.26 Å². The minimum absolute atomic E-state index is 0.137. The number of nitriles is 1. The summed E-state index contributed by atoms with van der Waals surface area (Å²) < 4.78 is 8.70. The third kappa shape index (κ3) is 5.32. The summed E-state index contributed by atoms with van der Waals surface area (Å²) >= 11 is 0. The van der Waals surface area contributed by atoms with Gasteiger partial charge in [0.05, 0.1) is 6.07 Å². The van der Waals surface area contributed by atoms with E-state index in [0.29, 0.717) is 5.82 Å². The molecule has 1 aromatic rings. The number of hydrogen-bond acceptors (Lipinski definition) is 4. The summed E-state index contributed by atoms with van der Waals surface area (Å²) in [4.78, 5) is 18.1. The van der Waals surface area contributed by atoms with Gasteiger partial charge < -0.3 is 0 Å². The molecule has 1 heterocycles. The summed E-state index contributed by atoms with van der Waals surface area (Å²) in [5.41, 5.74) is 0. The standard InChI is InChI=1S/C6H8N4.HO3P/c1-2-5(3-7)6-8-4-9-10-6;1-4(2)3/h4-5H,2H2,1H3,(H,8,9,10);(H-,1,2,3)/p+1. The highest BCUT2D eigenvalue weighted by atomic mass is 31.1. The molecule has 0 aliphatic rings. The zero-order valence-corrected chi connectivity index (χ0v) is 8.35. The molecule has 0 aliphatic carbocycles. The Morgan fingerprint density at radius 3 is 2.64 bits per heavy atom. The second kappa shape index (κ2) is 7.09. The van der Waals surface area contributed by atoms with E-state index in [1.807, 2.05) is 6.92 Å². The quantitative estimate of drug-likeness (QED) is 0.618. The van der Waals surface area contributed by atoms with E-state index in [9.17, 15) is 0 Å². The molecule has 8 heteroatoms. The Balaban J connectivity index is 0.000000364. The van der Waals surface area contributed by atoms with Crippen LogP contribution in [-0.4, -0.2) is 25.0 Å². The maximum Gasteiger partial charge on any atom is 0.692 e. The van der Waals surface area contributed by atoms with E-state index in [2.05, 4.69) is 21.3 Å². The highest BCUT2D eigenvalue weighted by Gasteiger charge is 2.09. The van der Waals surface area contributed by atoms with Gasteiger partial charge in [0.15, 0.2) is 0 Å². The fourth-order valence-electron chi connectivity index (χ4n) is 0.729. The molecule has 0 bridgehead atoms. The van der Waals surface area contributed by atoms with Crippen LogP contribution in [0.1, 0.15) is 25.1 Å². The molecule has 0 fully saturated rings. The number of H-pyrrole nitrogens is 1. The van der Waals surface area contributed by atoms with Crippen molar-refractivity contribution in [2.24, 2.45) is 0 Å².